The van der Waals surface area contributed by atoms with Crippen molar-refractivity contribution in [3.05, 3.63) is 0 Å². The molecule has 0 N–H and O–H groups in total. The number of carbonyl (C=O) groups is 1. The number of hydrogen-bond acceptors (Lipinski definition) is 1. The summed E-state index contributed by atoms with van der Waals surface area (Å²) in [5.41, 5.74) is 0. The fourth-order valence-electron chi connectivity index (χ4n) is 0. The van der Waals surface area contributed by atoms with E-state index in [0.717, 1.165) is 0 Å². The zero-order valence-corrected chi connectivity index (χ0v) is 2.92. The molecule has 0 saturated carbocycles. The van der Waals surface area contributed by atoms with Crippen LogP contribution in [0.25, 0.3) is 0 Å². The molecule has 0 aromatic heterocycles. The molecule has 6 heteroatoms. The van der Waals surface area contributed by atoms with Gasteiger partial charge in [-0.2, -0.15) is 17.6 Å². The molecular weight excluding hydrogens is 123 g/mol. The summed E-state index contributed by atoms with van der Waals surface area (Å²) in [5.74, 6) is 0. The molecule has 0 aromatic carbocycles. The Labute approximate surface area is 54.2 Å². The molecule has 0 heterocycles. The molecule has 0 bridgehead atoms. The van der Waals surface area contributed by atoms with Gasteiger partial charge in [0.05, 0.1) is 0 Å². The average Bonchev–Trinajstić information content (AvgIpc) is 1.31. The fourth-order valence-corrected chi connectivity index (χ4v) is 0. The van der Waals surface area contributed by atoms with Crippen LogP contribution in [-0.4, -0.2) is 31.1 Å². The third-order valence-electron chi connectivity index (χ3n) is 0.223. The second-order valence-electron chi connectivity index (χ2n) is 0.771. The van der Waals surface area contributed by atoms with Crippen LogP contribution in [0.2, 0.25) is 0 Å². The van der Waals surface area contributed by atoms with Crippen LogP contribution in [0.1, 0.15) is 0 Å². The molecular formula is C2HF4LiO. The molecule has 0 aliphatic rings. The first-order valence-electron chi connectivity index (χ1n) is 1.21. The number of alkyl halides is 3. The standard InChI is InChI=1S/C2F4O.Li.H/c3-1(7)2(4,5)6;;. The molecule has 0 aliphatic carbocycles. The van der Waals surface area contributed by atoms with Crippen molar-refractivity contribution in [2.75, 3.05) is 0 Å². The SMILES string of the molecule is O=C(F)C(F)(F)F.[LiH]. The maximum atomic E-state index is 10.5. The van der Waals surface area contributed by atoms with Crippen molar-refractivity contribution < 1.29 is 22.4 Å². The van der Waals surface area contributed by atoms with Crippen molar-refractivity contribution >= 4 is 24.9 Å². The monoisotopic (exact) mass is 124 g/mol. The molecule has 0 aromatic rings. The van der Waals surface area contributed by atoms with E-state index in [0.29, 0.717) is 0 Å². The number of carbonyl (C=O) groups excluding carboxylic acids is 1. The average molecular weight is 124 g/mol. The summed E-state index contributed by atoms with van der Waals surface area (Å²) < 4.78 is 41.8. The molecule has 0 aliphatic heterocycles. The van der Waals surface area contributed by atoms with Crippen LogP contribution in [0.15, 0.2) is 0 Å². The van der Waals surface area contributed by atoms with Crippen LogP contribution in [0.3, 0.4) is 0 Å². The Bertz CT molecular complexity index is 86.5. The Kier molecular flexibility index (Phi) is 4.22. The Morgan fingerprint density at radius 3 is 1.38 bits per heavy atom. The quantitative estimate of drug-likeness (QED) is 0.259. The third kappa shape index (κ3) is 4.15. The van der Waals surface area contributed by atoms with E-state index in [4.69, 9.17) is 4.79 Å². The van der Waals surface area contributed by atoms with Crippen LogP contribution in [0.4, 0.5) is 17.6 Å². The van der Waals surface area contributed by atoms with Gasteiger partial charge in [0.2, 0.25) is 0 Å². The molecule has 0 rings (SSSR count). The van der Waals surface area contributed by atoms with Gasteiger partial charge in [-0.3, -0.25) is 4.79 Å². The molecule has 1 nitrogen and oxygen atoms in total. The van der Waals surface area contributed by atoms with Gasteiger partial charge in [-0.15, -0.1) is 0 Å². The van der Waals surface area contributed by atoms with Gasteiger partial charge in [0, 0.05) is 0 Å². The molecule has 0 unspecified atom stereocenters. The first kappa shape index (κ1) is 10.9. The Balaban J connectivity index is 0. The van der Waals surface area contributed by atoms with Gasteiger partial charge in [0.15, 0.2) is 0 Å². The van der Waals surface area contributed by atoms with Crippen LogP contribution >= 0.6 is 0 Å². The fraction of sp³-hybridized carbons (Fsp3) is 0.500. The van der Waals surface area contributed by atoms with Crippen molar-refractivity contribution in [2.45, 2.75) is 6.18 Å². The minimum atomic E-state index is -5.31. The van der Waals surface area contributed by atoms with Crippen LogP contribution < -0.4 is 0 Å². The molecule has 0 amide bonds. The Morgan fingerprint density at radius 1 is 1.25 bits per heavy atom. The van der Waals surface area contributed by atoms with E-state index in [-0.39, 0.29) is 18.9 Å². The van der Waals surface area contributed by atoms with Crippen LogP contribution in [-0.2, 0) is 4.79 Å². The summed E-state index contributed by atoms with van der Waals surface area (Å²) in [5, 5.41) is 0. The van der Waals surface area contributed by atoms with Crippen molar-refractivity contribution in [3.8, 4) is 0 Å². The van der Waals surface area contributed by atoms with E-state index >= 15 is 0 Å². The van der Waals surface area contributed by atoms with Crippen LogP contribution in [0.5, 0.6) is 0 Å². The summed E-state index contributed by atoms with van der Waals surface area (Å²) in [4.78, 5) is 8.67. The van der Waals surface area contributed by atoms with Gasteiger partial charge in [0.25, 0.3) is 0 Å². The van der Waals surface area contributed by atoms with E-state index in [9.17, 15) is 17.6 Å². The van der Waals surface area contributed by atoms with E-state index < -0.39 is 12.2 Å². The van der Waals surface area contributed by atoms with Crippen molar-refractivity contribution in [3.63, 3.8) is 0 Å². The van der Waals surface area contributed by atoms with Gasteiger partial charge in [0.1, 0.15) is 0 Å². The molecule has 0 fully saturated rings. The predicted molar refractivity (Wildman–Crippen MR) is 19.3 cm³/mol. The van der Waals surface area contributed by atoms with E-state index in [1.807, 2.05) is 0 Å². The minimum absolute atomic E-state index is 0. The van der Waals surface area contributed by atoms with Crippen molar-refractivity contribution in [1.82, 2.24) is 0 Å². The zero-order valence-electron chi connectivity index (χ0n) is 2.92. The Morgan fingerprint density at radius 2 is 1.38 bits per heavy atom. The van der Waals surface area contributed by atoms with Crippen LogP contribution in [0, 0.1) is 0 Å². The van der Waals surface area contributed by atoms with Crippen molar-refractivity contribution in [2.24, 2.45) is 0 Å². The predicted octanol–water partition coefficient (Wildman–Crippen LogP) is 0.396. The zero-order chi connectivity index (χ0) is 6.08. The number of hydrogen-bond donors (Lipinski definition) is 0. The summed E-state index contributed by atoms with van der Waals surface area (Å²) in [6, 6.07) is -3.26. The molecule has 44 valence electrons. The first-order chi connectivity index (χ1) is 2.94. The van der Waals surface area contributed by atoms with Gasteiger partial charge >= 0.3 is 31.1 Å². The molecule has 8 heavy (non-hydrogen) atoms. The van der Waals surface area contributed by atoms with Crippen molar-refractivity contribution in [1.29, 1.82) is 0 Å². The molecule has 0 saturated heterocycles. The van der Waals surface area contributed by atoms with E-state index in [2.05, 4.69) is 0 Å². The first-order valence-corrected chi connectivity index (χ1v) is 1.21. The van der Waals surface area contributed by atoms with Gasteiger partial charge in [-0.25, -0.2) is 0 Å². The summed E-state index contributed by atoms with van der Waals surface area (Å²) in [6.07, 6.45) is -5.31. The van der Waals surface area contributed by atoms with Gasteiger partial charge in [-0.05, 0) is 0 Å². The number of rotatable bonds is 0. The topological polar surface area (TPSA) is 17.1 Å². The Hall–Kier alpha value is -0.0126. The maximum absolute atomic E-state index is 10.5. The summed E-state index contributed by atoms with van der Waals surface area (Å²) in [7, 11) is 0. The second kappa shape index (κ2) is 3.10. The molecule has 0 atom stereocenters. The molecule has 0 radical (unpaired) electrons. The van der Waals surface area contributed by atoms with E-state index in [1.165, 1.54) is 0 Å². The second-order valence-corrected chi connectivity index (χ2v) is 0.771. The van der Waals surface area contributed by atoms with Gasteiger partial charge < -0.3 is 0 Å². The van der Waals surface area contributed by atoms with Gasteiger partial charge in [-0.1, -0.05) is 0 Å². The number of halogens is 4. The summed E-state index contributed by atoms with van der Waals surface area (Å²) in [6.45, 7) is 0. The van der Waals surface area contributed by atoms with E-state index in [1.54, 1.807) is 0 Å². The normalized spacial score (nSPS) is 10.0. The molecule has 0 spiro atoms. The summed E-state index contributed by atoms with van der Waals surface area (Å²) >= 11 is 0. The third-order valence-corrected chi connectivity index (χ3v) is 0.223.